The number of ether oxygens (including phenoxy) is 1. The van der Waals surface area contributed by atoms with E-state index in [9.17, 15) is 13.2 Å². The number of aryl methyl sites for hydroxylation is 2. The molecule has 0 unspecified atom stereocenters. The van der Waals surface area contributed by atoms with Gasteiger partial charge in [0.2, 0.25) is 5.91 Å². The van der Waals surface area contributed by atoms with Crippen LogP contribution in [0.1, 0.15) is 23.9 Å². The third-order valence-corrected chi connectivity index (χ3v) is 8.13. The molecule has 2 aromatic carbocycles. The molecular weight excluding hydrogens is 440 g/mol. The van der Waals surface area contributed by atoms with Gasteiger partial charge in [0.15, 0.2) is 0 Å². The average Bonchev–Trinajstić information content (AvgIpc) is 3.26. The highest BCUT2D eigenvalue weighted by Crippen LogP contribution is 2.34. The summed E-state index contributed by atoms with van der Waals surface area (Å²) < 4.78 is 35.7. The molecule has 1 aliphatic heterocycles. The van der Waals surface area contributed by atoms with Gasteiger partial charge in [0.25, 0.3) is 10.0 Å². The third kappa shape index (κ3) is 3.97. The Morgan fingerprint density at radius 1 is 1.15 bits per heavy atom. The maximum Gasteiger partial charge on any atom is 0.268 e. The fraction of sp³-hybridized carbons (Fsp3) is 0.333. The Morgan fingerprint density at radius 2 is 1.82 bits per heavy atom. The van der Waals surface area contributed by atoms with Crippen LogP contribution in [0.2, 0.25) is 0 Å². The summed E-state index contributed by atoms with van der Waals surface area (Å²) in [4.78, 5) is 15.4. The van der Waals surface area contributed by atoms with Crippen LogP contribution in [-0.4, -0.2) is 43.8 Å². The number of anilines is 2. The Bertz CT molecular complexity index is 1300. The van der Waals surface area contributed by atoms with Gasteiger partial charge in [0.05, 0.1) is 24.2 Å². The van der Waals surface area contributed by atoms with Gasteiger partial charge in [-0.2, -0.15) is 5.10 Å². The fourth-order valence-electron chi connectivity index (χ4n) is 4.45. The van der Waals surface area contributed by atoms with Gasteiger partial charge < -0.3 is 9.64 Å². The molecule has 1 aliphatic rings. The molecule has 0 saturated heterocycles. The fourth-order valence-corrected chi connectivity index (χ4v) is 6.27. The van der Waals surface area contributed by atoms with E-state index in [2.05, 4.69) is 5.10 Å². The van der Waals surface area contributed by atoms with Crippen molar-refractivity contribution in [1.29, 1.82) is 0 Å². The molecule has 0 N–H and O–H groups in total. The van der Waals surface area contributed by atoms with Crippen molar-refractivity contribution >= 4 is 27.3 Å². The van der Waals surface area contributed by atoms with Crippen molar-refractivity contribution < 1.29 is 17.9 Å². The van der Waals surface area contributed by atoms with Gasteiger partial charge in [-0.25, -0.2) is 8.42 Å². The standard InChI is InChI=1S/C24H28N4O4S/c1-16-14-19-8-6-7-9-22(19)28(16)23(29)15-27(20-10-12-21(32-5)13-11-20)33(30,31)24-17(2)25-26(4)18(24)3/h6-13,16H,14-15H2,1-5H3/t16-/m0/s1. The second-order valence-corrected chi connectivity index (χ2v) is 10.1. The van der Waals surface area contributed by atoms with Crippen molar-refractivity contribution in [2.24, 2.45) is 7.05 Å². The monoisotopic (exact) mass is 468 g/mol. The zero-order chi connectivity index (χ0) is 23.9. The highest BCUT2D eigenvalue weighted by Gasteiger charge is 2.36. The molecule has 0 radical (unpaired) electrons. The van der Waals surface area contributed by atoms with Crippen LogP contribution in [0.15, 0.2) is 53.4 Å². The first-order chi connectivity index (χ1) is 15.6. The summed E-state index contributed by atoms with van der Waals surface area (Å²) in [5.74, 6) is 0.310. The quantitative estimate of drug-likeness (QED) is 0.555. The van der Waals surface area contributed by atoms with Crippen LogP contribution in [0.5, 0.6) is 5.75 Å². The molecule has 3 aromatic rings. The highest BCUT2D eigenvalue weighted by molar-refractivity contribution is 7.93. The van der Waals surface area contributed by atoms with E-state index in [1.807, 2.05) is 31.2 Å². The number of carbonyl (C=O) groups is 1. The van der Waals surface area contributed by atoms with Crippen molar-refractivity contribution in [1.82, 2.24) is 9.78 Å². The number of sulfonamides is 1. The normalized spacial score (nSPS) is 15.4. The van der Waals surface area contributed by atoms with Crippen LogP contribution >= 0.6 is 0 Å². The molecule has 1 atom stereocenters. The van der Waals surface area contributed by atoms with E-state index >= 15 is 0 Å². The van der Waals surface area contributed by atoms with Crippen molar-refractivity contribution in [2.75, 3.05) is 22.9 Å². The number of benzene rings is 2. The Kier molecular flexibility index (Phi) is 5.92. The van der Waals surface area contributed by atoms with E-state index < -0.39 is 10.0 Å². The minimum absolute atomic E-state index is 0.0582. The van der Waals surface area contributed by atoms with E-state index in [1.54, 1.807) is 57.2 Å². The molecule has 2 heterocycles. The van der Waals surface area contributed by atoms with Crippen LogP contribution in [0.4, 0.5) is 11.4 Å². The first kappa shape index (κ1) is 22.8. The molecule has 8 nitrogen and oxygen atoms in total. The van der Waals surface area contributed by atoms with Crippen LogP contribution in [-0.2, 0) is 28.3 Å². The molecule has 0 fully saturated rings. The maximum absolute atomic E-state index is 13.9. The number of hydrogen-bond acceptors (Lipinski definition) is 5. The van der Waals surface area contributed by atoms with E-state index in [0.717, 1.165) is 17.7 Å². The van der Waals surface area contributed by atoms with Crippen molar-refractivity contribution in [3.05, 3.63) is 65.5 Å². The summed E-state index contributed by atoms with van der Waals surface area (Å²) in [7, 11) is -0.827. The number of para-hydroxylation sites is 1. The lowest BCUT2D eigenvalue weighted by Crippen LogP contribution is -2.45. The topological polar surface area (TPSA) is 84.7 Å². The van der Waals surface area contributed by atoms with Crippen molar-refractivity contribution in [3.63, 3.8) is 0 Å². The molecule has 0 bridgehead atoms. The summed E-state index contributed by atoms with van der Waals surface area (Å²) in [6.45, 7) is 5.01. The lowest BCUT2D eigenvalue weighted by molar-refractivity contribution is -0.117. The Labute approximate surface area is 194 Å². The lowest BCUT2D eigenvalue weighted by Gasteiger charge is -2.29. The summed E-state index contributed by atoms with van der Waals surface area (Å²) >= 11 is 0. The largest absolute Gasteiger partial charge is 0.497 e. The first-order valence-electron chi connectivity index (χ1n) is 10.7. The molecule has 174 valence electrons. The van der Waals surface area contributed by atoms with E-state index in [1.165, 1.54) is 8.99 Å². The Morgan fingerprint density at radius 3 is 2.42 bits per heavy atom. The van der Waals surface area contributed by atoms with Gasteiger partial charge >= 0.3 is 0 Å². The molecule has 4 rings (SSSR count). The van der Waals surface area contributed by atoms with Crippen LogP contribution in [0.25, 0.3) is 0 Å². The van der Waals surface area contributed by atoms with E-state index in [-0.39, 0.29) is 23.4 Å². The molecule has 1 amide bonds. The van der Waals surface area contributed by atoms with Crippen LogP contribution < -0.4 is 13.9 Å². The number of carbonyl (C=O) groups excluding carboxylic acids is 1. The van der Waals surface area contributed by atoms with Crippen molar-refractivity contribution in [2.45, 2.75) is 38.1 Å². The van der Waals surface area contributed by atoms with Crippen LogP contribution in [0.3, 0.4) is 0 Å². The molecule has 0 saturated carbocycles. The molecule has 0 spiro atoms. The number of rotatable bonds is 6. The minimum atomic E-state index is -4.07. The second kappa shape index (κ2) is 8.55. The minimum Gasteiger partial charge on any atom is -0.497 e. The van der Waals surface area contributed by atoms with Gasteiger partial charge in [-0.15, -0.1) is 0 Å². The van der Waals surface area contributed by atoms with Crippen molar-refractivity contribution in [3.8, 4) is 5.75 Å². The third-order valence-electron chi connectivity index (χ3n) is 6.11. The number of amides is 1. The zero-order valence-corrected chi connectivity index (χ0v) is 20.3. The maximum atomic E-state index is 13.9. The van der Waals surface area contributed by atoms with Crippen LogP contribution in [0, 0.1) is 13.8 Å². The zero-order valence-electron chi connectivity index (χ0n) is 19.4. The summed E-state index contributed by atoms with van der Waals surface area (Å²) in [5.41, 5.74) is 3.19. The highest BCUT2D eigenvalue weighted by atomic mass is 32.2. The molecular formula is C24H28N4O4S. The van der Waals surface area contributed by atoms with Gasteiger partial charge in [0, 0.05) is 18.8 Å². The number of methoxy groups -OCH3 is 1. The number of aromatic nitrogens is 2. The number of fused-ring (bicyclic) bond motifs is 1. The molecule has 0 aliphatic carbocycles. The van der Waals surface area contributed by atoms with Gasteiger partial charge in [-0.3, -0.25) is 13.8 Å². The molecule has 9 heteroatoms. The predicted molar refractivity (Wildman–Crippen MR) is 127 cm³/mol. The van der Waals surface area contributed by atoms with E-state index in [0.29, 0.717) is 22.8 Å². The summed E-state index contributed by atoms with van der Waals surface area (Å²) in [6.07, 6.45) is 0.734. The Hall–Kier alpha value is -3.33. The predicted octanol–water partition coefficient (Wildman–Crippen LogP) is 3.22. The lowest BCUT2D eigenvalue weighted by atomic mass is 10.1. The molecule has 1 aromatic heterocycles. The Balaban J connectivity index is 1.77. The SMILES string of the molecule is COc1ccc(N(CC(=O)N2c3ccccc3C[C@@H]2C)S(=O)(=O)c2c(C)nn(C)c2C)cc1. The average molecular weight is 469 g/mol. The van der Waals surface area contributed by atoms with Gasteiger partial charge in [0.1, 0.15) is 17.2 Å². The number of hydrogen-bond donors (Lipinski definition) is 0. The summed E-state index contributed by atoms with van der Waals surface area (Å²) in [5, 5.41) is 4.27. The summed E-state index contributed by atoms with van der Waals surface area (Å²) in [6, 6.07) is 14.3. The number of nitrogens with zero attached hydrogens (tertiary/aromatic N) is 4. The van der Waals surface area contributed by atoms with Gasteiger partial charge in [-0.05, 0) is 63.1 Å². The second-order valence-electron chi connectivity index (χ2n) is 8.28. The molecule has 33 heavy (non-hydrogen) atoms. The smallest absolute Gasteiger partial charge is 0.268 e. The van der Waals surface area contributed by atoms with E-state index in [4.69, 9.17) is 4.74 Å². The van der Waals surface area contributed by atoms with Gasteiger partial charge in [-0.1, -0.05) is 18.2 Å². The first-order valence-corrected chi connectivity index (χ1v) is 12.2.